The molecule has 4 rings (SSSR count). The second-order valence-electron chi connectivity index (χ2n) is 5.15. The van der Waals surface area contributed by atoms with Crippen molar-refractivity contribution in [3.63, 3.8) is 0 Å². The standard InChI is InChI=1S/C20H15NO/c1-2-22-16-13-11-15(12-14-16)21-19-9-5-3-7-17(19)18-8-4-6-10-20(18)21/h2-14H,1H2. The number of ether oxygens (including phenoxy) is 1. The van der Waals surface area contributed by atoms with Crippen molar-refractivity contribution in [3.05, 3.63) is 85.6 Å². The monoisotopic (exact) mass is 285 g/mol. The normalized spacial score (nSPS) is 10.9. The summed E-state index contributed by atoms with van der Waals surface area (Å²) >= 11 is 0. The molecule has 106 valence electrons. The minimum absolute atomic E-state index is 0.791. The topological polar surface area (TPSA) is 14.2 Å². The molecule has 0 spiro atoms. The maximum Gasteiger partial charge on any atom is 0.126 e. The predicted octanol–water partition coefficient (Wildman–Crippen LogP) is 5.31. The van der Waals surface area contributed by atoms with Crippen molar-refractivity contribution in [1.82, 2.24) is 4.57 Å². The Morgan fingerprint density at radius 3 is 1.82 bits per heavy atom. The molecule has 0 unspecified atom stereocenters. The third-order valence-corrected chi connectivity index (χ3v) is 3.89. The summed E-state index contributed by atoms with van der Waals surface area (Å²) in [5, 5.41) is 2.54. The second kappa shape index (κ2) is 5.08. The van der Waals surface area contributed by atoms with Gasteiger partial charge in [-0.25, -0.2) is 0 Å². The summed E-state index contributed by atoms with van der Waals surface area (Å²) < 4.78 is 7.59. The number of para-hydroxylation sites is 2. The van der Waals surface area contributed by atoms with Crippen molar-refractivity contribution in [2.45, 2.75) is 0 Å². The van der Waals surface area contributed by atoms with Crippen LogP contribution in [0.25, 0.3) is 27.5 Å². The molecule has 1 aromatic heterocycles. The quantitative estimate of drug-likeness (QED) is 0.465. The molecule has 0 aliphatic carbocycles. The molecule has 1 heterocycles. The zero-order chi connectivity index (χ0) is 14.9. The van der Waals surface area contributed by atoms with E-state index in [9.17, 15) is 0 Å². The van der Waals surface area contributed by atoms with Gasteiger partial charge in [-0.3, -0.25) is 0 Å². The van der Waals surface area contributed by atoms with Gasteiger partial charge in [0.25, 0.3) is 0 Å². The summed E-state index contributed by atoms with van der Waals surface area (Å²) in [6.07, 6.45) is 1.44. The average molecular weight is 285 g/mol. The van der Waals surface area contributed by atoms with E-state index in [1.165, 1.54) is 28.1 Å². The molecule has 0 saturated heterocycles. The third kappa shape index (κ3) is 1.89. The van der Waals surface area contributed by atoms with Crippen LogP contribution < -0.4 is 4.74 Å². The molecular formula is C20H15NO. The van der Waals surface area contributed by atoms with Gasteiger partial charge >= 0.3 is 0 Å². The number of benzene rings is 3. The molecule has 0 saturated carbocycles. The van der Waals surface area contributed by atoms with Crippen molar-refractivity contribution < 1.29 is 4.74 Å². The lowest BCUT2D eigenvalue weighted by atomic mass is 10.2. The van der Waals surface area contributed by atoms with E-state index in [0.717, 1.165) is 11.4 Å². The molecule has 0 fully saturated rings. The van der Waals surface area contributed by atoms with Gasteiger partial charge in [0.05, 0.1) is 17.3 Å². The number of nitrogens with zero attached hydrogens (tertiary/aromatic N) is 1. The highest BCUT2D eigenvalue weighted by Crippen LogP contribution is 2.32. The van der Waals surface area contributed by atoms with Crippen LogP contribution in [-0.4, -0.2) is 4.57 Å². The summed E-state index contributed by atoms with van der Waals surface area (Å²) in [5.74, 6) is 0.791. The highest BCUT2D eigenvalue weighted by molar-refractivity contribution is 6.09. The second-order valence-corrected chi connectivity index (χ2v) is 5.15. The molecule has 0 aliphatic heterocycles. The minimum atomic E-state index is 0.791. The third-order valence-electron chi connectivity index (χ3n) is 3.89. The van der Waals surface area contributed by atoms with Crippen molar-refractivity contribution in [2.75, 3.05) is 0 Å². The van der Waals surface area contributed by atoms with Crippen LogP contribution >= 0.6 is 0 Å². The molecule has 0 amide bonds. The first-order valence-electron chi connectivity index (χ1n) is 7.24. The van der Waals surface area contributed by atoms with Crippen molar-refractivity contribution in [1.29, 1.82) is 0 Å². The summed E-state index contributed by atoms with van der Waals surface area (Å²) in [7, 11) is 0. The largest absolute Gasteiger partial charge is 0.466 e. The summed E-state index contributed by atoms with van der Waals surface area (Å²) in [6.45, 7) is 3.58. The molecule has 3 aromatic carbocycles. The maximum absolute atomic E-state index is 5.31. The number of aromatic nitrogens is 1. The van der Waals surface area contributed by atoms with Crippen molar-refractivity contribution in [3.8, 4) is 11.4 Å². The van der Waals surface area contributed by atoms with E-state index in [2.05, 4.69) is 71.8 Å². The molecule has 0 bridgehead atoms. The van der Waals surface area contributed by atoms with Gasteiger partial charge in [-0.2, -0.15) is 0 Å². The first-order valence-corrected chi connectivity index (χ1v) is 7.24. The van der Waals surface area contributed by atoms with Gasteiger partial charge in [0.15, 0.2) is 0 Å². The van der Waals surface area contributed by atoms with Crippen LogP contribution in [0.2, 0.25) is 0 Å². The van der Waals surface area contributed by atoms with E-state index < -0.39 is 0 Å². The Bertz CT molecular complexity index is 911. The van der Waals surface area contributed by atoms with Gasteiger partial charge in [-0.15, -0.1) is 0 Å². The molecule has 0 N–H and O–H groups in total. The Morgan fingerprint density at radius 1 is 0.727 bits per heavy atom. The van der Waals surface area contributed by atoms with Gasteiger partial charge in [0, 0.05) is 16.5 Å². The molecule has 22 heavy (non-hydrogen) atoms. The number of fused-ring (bicyclic) bond motifs is 3. The molecule has 2 nitrogen and oxygen atoms in total. The highest BCUT2D eigenvalue weighted by Gasteiger charge is 2.10. The molecule has 0 aliphatic rings. The van der Waals surface area contributed by atoms with Crippen LogP contribution in [0.5, 0.6) is 5.75 Å². The first kappa shape index (κ1) is 12.7. The Labute approximate surface area is 128 Å². The van der Waals surface area contributed by atoms with E-state index >= 15 is 0 Å². The first-order chi connectivity index (χ1) is 10.9. The van der Waals surface area contributed by atoms with Crippen LogP contribution in [0.15, 0.2) is 85.6 Å². The fraction of sp³-hybridized carbons (Fsp3) is 0. The van der Waals surface area contributed by atoms with Gasteiger partial charge in [-0.1, -0.05) is 43.0 Å². The number of hydrogen-bond donors (Lipinski definition) is 0. The number of rotatable bonds is 3. The van der Waals surface area contributed by atoms with Gasteiger partial charge in [0.1, 0.15) is 5.75 Å². The summed E-state index contributed by atoms with van der Waals surface area (Å²) in [6, 6.07) is 25.0. The molecule has 2 heteroatoms. The summed E-state index contributed by atoms with van der Waals surface area (Å²) in [4.78, 5) is 0. The Balaban J connectivity index is 2.01. The van der Waals surface area contributed by atoms with Crippen molar-refractivity contribution >= 4 is 21.8 Å². The van der Waals surface area contributed by atoms with Gasteiger partial charge < -0.3 is 9.30 Å². The average Bonchev–Trinajstić information content (AvgIpc) is 2.91. The maximum atomic E-state index is 5.31. The SMILES string of the molecule is C=COc1ccc(-n2c3ccccc3c3ccccc32)cc1. The lowest BCUT2D eigenvalue weighted by Crippen LogP contribution is -1.93. The van der Waals surface area contributed by atoms with Gasteiger partial charge in [-0.05, 0) is 36.4 Å². The lowest BCUT2D eigenvalue weighted by Gasteiger charge is -2.08. The zero-order valence-corrected chi connectivity index (χ0v) is 12.1. The van der Waals surface area contributed by atoms with E-state index in [1.807, 2.05) is 12.1 Å². The molecule has 0 radical (unpaired) electrons. The van der Waals surface area contributed by atoms with Crippen LogP contribution in [-0.2, 0) is 0 Å². The predicted molar refractivity (Wildman–Crippen MR) is 91.6 cm³/mol. The smallest absolute Gasteiger partial charge is 0.126 e. The van der Waals surface area contributed by atoms with E-state index in [0.29, 0.717) is 0 Å². The fourth-order valence-electron chi connectivity index (χ4n) is 2.97. The number of hydrogen-bond acceptors (Lipinski definition) is 1. The minimum Gasteiger partial charge on any atom is -0.466 e. The van der Waals surface area contributed by atoms with E-state index in [4.69, 9.17) is 4.74 Å². The molecule has 4 aromatic rings. The molecular weight excluding hydrogens is 270 g/mol. The van der Waals surface area contributed by atoms with Crippen molar-refractivity contribution in [2.24, 2.45) is 0 Å². The molecule has 0 atom stereocenters. The van der Waals surface area contributed by atoms with Crippen LogP contribution in [0.3, 0.4) is 0 Å². The van der Waals surface area contributed by atoms with E-state index in [-0.39, 0.29) is 0 Å². The Hall–Kier alpha value is -3.00. The zero-order valence-electron chi connectivity index (χ0n) is 12.1. The van der Waals surface area contributed by atoms with E-state index in [1.54, 1.807) is 0 Å². The lowest BCUT2D eigenvalue weighted by molar-refractivity contribution is 0.483. The Morgan fingerprint density at radius 2 is 1.27 bits per heavy atom. The summed E-state index contributed by atoms with van der Waals surface area (Å²) in [5.41, 5.74) is 3.54. The van der Waals surface area contributed by atoms with Crippen LogP contribution in [0.4, 0.5) is 0 Å². The highest BCUT2D eigenvalue weighted by atomic mass is 16.5. The fourth-order valence-corrected chi connectivity index (χ4v) is 2.97. The Kier molecular flexibility index (Phi) is 2.94. The van der Waals surface area contributed by atoms with Crippen LogP contribution in [0.1, 0.15) is 0 Å². The van der Waals surface area contributed by atoms with Gasteiger partial charge in [0.2, 0.25) is 0 Å². The van der Waals surface area contributed by atoms with Crippen LogP contribution in [0, 0.1) is 0 Å².